The average molecular weight is 597 g/mol. The Kier molecular flexibility index (Phi) is 11.9. The highest BCUT2D eigenvalue weighted by Crippen LogP contribution is 2.26. The first kappa shape index (κ1) is 33.3. The number of amides is 4. The molecule has 0 aliphatic carbocycles. The zero-order valence-electron chi connectivity index (χ0n) is 24.7. The average Bonchev–Trinajstić information content (AvgIpc) is 3.44. The van der Waals surface area contributed by atoms with Crippen LogP contribution >= 0.6 is 0 Å². The third-order valence-corrected chi connectivity index (χ3v) is 7.74. The fourth-order valence-electron chi connectivity index (χ4n) is 5.31. The molecule has 0 aromatic heterocycles. The van der Waals surface area contributed by atoms with Crippen LogP contribution in [0.2, 0.25) is 0 Å². The highest BCUT2D eigenvalue weighted by atomic mass is 16.3. The zero-order chi connectivity index (χ0) is 31.7. The minimum atomic E-state index is -1.62. The molecule has 1 heterocycles. The van der Waals surface area contributed by atoms with Gasteiger partial charge in [-0.05, 0) is 48.2 Å². The number of carbonyl (C=O) groups excluding carboxylic acids is 4. The molecule has 11 N–H and O–H groups in total. The maximum atomic E-state index is 13.6. The SMILES string of the molecule is CC(C)/C(=C/N)N(N)C1CC(C(=O)NC(CCCCN)C(O)C(N)=O)N(C(=O)CNC(=O)c2ccc3ccccc3c2)C1. The molecule has 4 unspecified atom stereocenters. The van der Waals surface area contributed by atoms with Crippen molar-refractivity contribution in [1.82, 2.24) is 20.5 Å². The van der Waals surface area contributed by atoms with Gasteiger partial charge in [0.1, 0.15) is 6.04 Å². The molecule has 0 spiro atoms. The van der Waals surface area contributed by atoms with Crippen molar-refractivity contribution < 1.29 is 24.3 Å². The van der Waals surface area contributed by atoms with Crippen molar-refractivity contribution in [2.45, 2.75) is 63.8 Å². The Morgan fingerprint density at radius 3 is 2.44 bits per heavy atom. The molecule has 0 radical (unpaired) electrons. The number of primary amides is 1. The second kappa shape index (κ2) is 15.3. The Morgan fingerprint density at radius 1 is 1.12 bits per heavy atom. The van der Waals surface area contributed by atoms with Crippen LogP contribution in [0.15, 0.2) is 54.4 Å². The fourth-order valence-corrected chi connectivity index (χ4v) is 5.31. The zero-order valence-corrected chi connectivity index (χ0v) is 24.7. The molecule has 2 aromatic carbocycles. The normalized spacial score (nSPS) is 18.4. The van der Waals surface area contributed by atoms with Crippen molar-refractivity contribution in [3.05, 3.63) is 59.9 Å². The predicted octanol–water partition coefficient (Wildman–Crippen LogP) is -0.369. The van der Waals surface area contributed by atoms with Crippen molar-refractivity contribution in [1.29, 1.82) is 0 Å². The van der Waals surface area contributed by atoms with Crippen molar-refractivity contribution >= 4 is 34.4 Å². The van der Waals surface area contributed by atoms with Crippen LogP contribution in [0.1, 0.15) is 49.9 Å². The van der Waals surface area contributed by atoms with Gasteiger partial charge in [0.05, 0.1) is 18.6 Å². The van der Waals surface area contributed by atoms with E-state index in [-0.39, 0.29) is 31.8 Å². The van der Waals surface area contributed by atoms with Gasteiger partial charge in [0, 0.05) is 30.4 Å². The number of hydrazine groups is 1. The first-order valence-corrected chi connectivity index (χ1v) is 14.5. The van der Waals surface area contributed by atoms with Gasteiger partial charge in [-0.1, -0.05) is 50.6 Å². The summed E-state index contributed by atoms with van der Waals surface area (Å²) in [6, 6.07) is 10.4. The van der Waals surface area contributed by atoms with E-state index in [1.165, 1.54) is 16.1 Å². The number of carbonyl (C=O) groups is 4. The Hall–Kier alpha value is -4.20. The third-order valence-electron chi connectivity index (χ3n) is 7.74. The summed E-state index contributed by atoms with van der Waals surface area (Å²) < 4.78 is 0. The number of aliphatic hydroxyl groups excluding tert-OH is 1. The summed E-state index contributed by atoms with van der Waals surface area (Å²) in [4.78, 5) is 53.1. The van der Waals surface area contributed by atoms with E-state index < -0.39 is 47.9 Å². The number of hydrogen-bond acceptors (Lipinski definition) is 9. The maximum Gasteiger partial charge on any atom is 0.251 e. The standard InChI is InChI=1S/C30H44N8O5/c1-18(2)25(15-32)38(34)22-14-24(30(43)36-23(9-5-6-12-31)27(40)28(33)41)37(17-22)26(39)16-35-29(42)21-11-10-19-7-3-4-8-20(19)13-21/h3-4,7-8,10-11,13,15,18,22-24,27,40H,5-6,9,12,14,16-17,31-32,34H2,1-2H3,(H2,33,41)(H,35,42)(H,36,43)/b25-15-. The number of allylic oxidation sites excluding steroid dienone is 1. The first-order valence-electron chi connectivity index (χ1n) is 14.5. The molecular weight excluding hydrogens is 552 g/mol. The molecule has 0 saturated carbocycles. The van der Waals surface area contributed by atoms with E-state index in [0.29, 0.717) is 30.6 Å². The molecule has 4 atom stereocenters. The fraction of sp³-hybridized carbons (Fsp3) is 0.467. The van der Waals surface area contributed by atoms with E-state index in [2.05, 4.69) is 10.6 Å². The van der Waals surface area contributed by atoms with Crippen LogP contribution in [0.25, 0.3) is 10.8 Å². The van der Waals surface area contributed by atoms with Crippen LogP contribution in [0, 0.1) is 5.92 Å². The van der Waals surface area contributed by atoms with E-state index in [1.54, 1.807) is 12.1 Å². The van der Waals surface area contributed by atoms with Crippen LogP contribution in [-0.4, -0.2) is 82.5 Å². The van der Waals surface area contributed by atoms with Gasteiger partial charge < -0.3 is 42.8 Å². The summed E-state index contributed by atoms with van der Waals surface area (Å²) in [5, 5.41) is 19.1. The minimum absolute atomic E-state index is 0.0223. The molecular formula is C30H44N8O5. The number of nitrogens with two attached hydrogens (primary N) is 4. The van der Waals surface area contributed by atoms with Gasteiger partial charge in [0.25, 0.3) is 5.91 Å². The van der Waals surface area contributed by atoms with E-state index in [0.717, 1.165) is 10.8 Å². The second-order valence-electron chi connectivity index (χ2n) is 11.1. The quantitative estimate of drug-likeness (QED) is 0.0857. The molecule has 0 bridgehead atoms. The molecule has 4 amide bonds. The summed E-state index contributed by atoms with van der Waals surface area (Å²) in [5.41, 5.74) is 17.7. The van der Waals surface area contributed by atoms with Gasteiger partial charge in [-0.2, -0.15) is 0 Å². The van der Waals surface area contributed by atoms with E-state index in [4.69, 9.17) is 23.0 Å². The number of aliphatic hydroxyl groups is 1. The number of nitrogens with zero attached hydrogens (tertiary/aromatic N) is 2. The third kappa shape index (κ3) is 8.43. The molecule has 1 fully saturated rings. The highest BCUT2D eigenvalue weighted by Gasteiger charge is 2.43. The largest absolute Gasteiger partial charge is 0.403 e. The molecule has 2 aromatic rings. The van der Waals surface area contributed by atoms with E-state index in [9.17, 15) is 24.3 Å². The molecule has 13 nitrogen and oxygen atoms in total. The van der Waals surface area contributed by atoms with Crippen molar-refractivity contribution in [2.24, 2.45) is 29.0 Å². The number of unbranched alkanes of at least 4 members (excludes halogenated alkanes) is 1. The van der Waals surface area contributed by atoms with Crippen LogP contribution in [-0.2, 0) is 14.4 Å². The van der Waals surface area contributed by atoms with E-state index >= 15 is 0 Å². The lowest BCUT2D eigenvalue weighted by atomic mass is 10.0. The lowest BCUT2D eigenvalue weighted by Crippen LogP contribution is -2.55. The Bertz CT molecular complexity index is 1330. The van der Waals surface area contributed by atoms with Gasteiger partial charge in [0.15, 0.2) is 6.10 Å². The molecule has 43 heavy (non-hydrogen) atoms. The van der Waals surface area contributed by atoms with Crippen LogP contribution < -0.4 is 33.7 Å². The summed E-state index contributed by atoms with van der Waals surface area (Å²) in [6.45, 7) is 3.96. The van der Waals surface area contributed by atoms with Gasteiger partial charge in [-0.3, -0.25) is 19.2 Å². The van der Waals surface area contributed by atoms with Crippen molar-refractivity contribution in [2.75, 3.05) is 19.6 Å². The van der Waals surface area contributed by atoms with Gasteiger partial charge in [0.2, 0.25) is 17.7 Å². The van der Waals surface area contributed by atoms with Crippen LogP contribution in [0.5, 0.6) is 0 Å². The molecule has 1 aliphatic rings. The lowest BCUT2D eigenvalue weighted by molar-refractivity contribution is -0.139. The summed E-state index contributed by atoms with van der Waals surface area (Å²) in [6.07, 6.45) is 1.34. The molecule has 13 heteroatoms. The summed E-state index contributed by atoms with van der Waals surface area (Å²) in [5.74, 6) is 3.90. The van der Waals surface area contributed by atoms with Crippen molar-refractivity contribution in [3.8, 4) is 0 Å². The topological polar surface area (TPSA) is 223 Å². The Balaban J connectivity index is 1.79. The number of hydrogen-bond donors (Lipinski definition) is 7. The molecule has 3 rings (SSSR count). The Labute approximate surface area is 251 Å². The number of fused-ring (bicyclic) bond motifs is 1. The lowest BCUT2D eigenvalue weighted by Gasteiger charge is -2.30. The van der Waals surface area contributed by atoms with Gasteiger partial charge >= 0.3 is 0 Å². The second-order valence-corrected chi connectivity index (χ2v) is 11.1. The monoisotopic (exact) mass is 596 g/mol. The highest BCUT2D eigenvalue weighted by molar-refractivity contribution is 6.00. The molecule has 234 valence electrons. The van der Waals surface area contributed by atoms with Crippen molar-refractivity contribution in [3.63, 3.8) is 0 Å². The predicted molar refractivity (Wildman–Crippen MR) is 163 cm³/mol. The van der Waals surface area contributed by atoms with Gasteiger partial charge in [-0.25, -0.2) is 5.84 Å². The van der Waals surface area contributed by atoms with E-state index in [1.807, 2.05) is 44.2 Å². The van der Waals surface area contributed by atoms with Crippen LogP contribution in [0.3, 0.4) is 0 Å². The number of rotatable bonds is 14. The number of likely N-dealkylation sites (tertiary alicyclic amines) is 1. The molecule has 1 saturated heterocycles. The Morgan fingerprint density at radius 2 is 1.81 bits per heavy atom. The summed E-state index contributed by atoms with van der Waals surface area (Å²) in [7, 11) is 0. The number of benzene rings is 2. The first-order chi connectivity index (χ1) is 20.5. The number of nitrogens with one attached hydrogen (secondary N) is 2. The molecule has 1 aliphatic heterocycles. The van der Waals surface area contributed by atoms with Gasteiger partial charge in [-0.15, -0.1) is 0 Å². The van der Waals surface area contributed by atoms with Crippen LogP contribution in [0.4, 0.5) is 0 Å². The smallest absolute Gasteiger partial charge is 0.251 e. The minimum Gasteiger partial charge on any atom is -0.403 e. The maximum absolute atomic E-state index is 13.6. The summed E-state index contributed by atoms with van der Waals surface area (Å²) >= 11 is 0.